The first-order valence-electron chi connectivity index (χ1n) is 28.4. The number of carbonyl (C=O) groups excluding carboxylic acids is 3. The van der Waals surface area contributed by atoms with Crippen molar-refractivity contribution in [3.8, 4) is 0 Å². The molecule has 0 saturated heterocycles. The number of rotatable bonds is 52. The zero-order valence-electron chi connectivity index (χ0n) is 43.0. The lowest BCUT2D eigenvalue weighted by Gasteiger charge is -2.18. The smallest absolute Gasteiger partial charge is 0.306 e. The fraction of sp³-hybridized carbons (Fsp3) is 0.947. The van der Waals surface area contributed by atoms with E-state index in [0.29, 0.717) is 19.3 Å². The molecule has 0 radical (unpaired) electrons. The van der Waals surface area contributed by atoms with Crippen LogP contribution in [0.2, 0.25) is 0 Å². The van der Waals surface area contributed by atoms with Crippen LogP contribution in [0.3, 0.4) is 0 Å². The molecule has 0 N–H and O–H groups in total. The van der Waals surface area contributed by atoms with E-state index in [4.69, 9.17) is 14.2 Å². The van der Waals surface area contributed by atoms with Crippen LogP contribution < -0.4 is 0 Å². The van der Waals surface area contributed by atoms with E-state index in [0.717, 1.165) is 63.7 Å². The lowest BCUT2D eigenvalue weighted by molar-refractivity contribution is -0.167. The van der Waals surface area contributed by atoms with Gasteiger partial charge in [0.2, 0.25) is 0 Å². The van der Waals surface area contributed by atoms with E-state index in [9.17, 15) is 14.4 Å². The van der Waals surface area contributed by atoms with Gasteiger partial charge in [0, 0.05) is 19.3 Å². The van der Waals surface area contributed by atoms with Crippen molar-refractivity contribution < 1.29 is 28.6 Å². The number of unbranched alkanes of at least 4 members (excludes halogenated alkanes) is 39. The monoisotopic (exact) mass is 891 g/mol. The summed E-state index contributed by atoms with van der Waals surface area (Å²) >= 11 is 0. The average molecular weight is 892 g/mol. The van der Waals surface area contributed by atoms with Gasteiger partial charge in [-0.05, 0) is 25.2 Å². The Balaban J connectivity index is 4.24. The van der Waals surface area contributed by atoms with E-state index in [1.54, 1.807) is 0 Å². The molecular weight excluding hydrogens is 781 g/mol. The molecule has 0 spiro atoms. The first-order chi connectivity index (χ1) is 30.9. The average Bonchev–Trinajstić information content (AvgIpc) is 3.27. The summed E-state index contributed by atoms with van der Waals surface area (Å²) in [4.78, 5) is 38.0. The van der Waals surface area contributed by atoms with Crippen molar-refractivity contribution in [2.75, 3.05) is 13.2 Å². The van der Waals surface area contributed by atoms with Crippen molar-refractivity contribution in [2.24, 2.45) is 5.92 Å². The number of ether oxygens (including phenoxy) is 3. The van der Waals surface area contributed by atoms with Gasteiger partial charge in [-0.25, -0.2) is 0 Å². The van der Waals surface area contributed by atoms with Crippen molar-refractivity contribution in [3.63, 3.8) is 0 Å². The van der Waals surface area contributed by atoms with Crippen LogP contribution >= 0.6 is 0 Å². The zero-order chi connectivity index (χ0) is 45.9. The first kappa shape index (κ1) is 61.4. The van der Waals surface area contributed by atoms with E-state index in [-0.39, 0.29) is 31.1 Å². The van der Waals surface area contributed by atoms with Crippen LogP contribution in [0.5, 0.6) is 0 Å². The van der Waals surface area contributed by atoms with Crippen LogP contribution in [0.15, 0.2) is 0 Å². The third kappa shape index (κ3) is 51.3. The molecule has 6 nitrogen and oxygen atoms in total. The standard InChI is InChI=1S/C57H110O6/c1-5-7-9-11-13-15-17-18-19-20-23-26-29-33-37-41-45-49-56(59)62-52-54(51-61-55(58)48-44-40-36-32-16-14-12-10-8-6-2)63-57(60)50-46-42-38-34-30-27-24-21-22-25-28-31-35-39-43-47-53(3)4/h53-54H,5-52H2,1-4H3/t54-/m1/s1. The molecule has 0 unspecified atom stereocenters. The molecule has 0 aliphatic carbocycles. The molecular formula is C57H110O6. The van der Waals surface area contributed by atoms with Crippen LogP contribution in [0.4, 0.5) is 0 Å². The minimum atomic E-state index is -0.761. The summed E-state index contributed by atoms with van der Waals surface area (Å²) in [5, 5.41) is 0. The lowest BCUT2D eigenvalue weighted by Crippen LogP contribution is -2.30. The Bertz CT molecular complexity index is 949. The Morgan fingerprint density at radius 2 is 0.524 bits per heavy atom. The van der Waals surface area contributed by atoms with E-state index < -0.39 is 6.10 Å². The Hall–Kier alpha value is -1.59. The molecule has 0 heterocycles. The minimum absolute atomic E-state index is 0.0620. The van der Waals surface area contributed by atoms with Gasteiger partial charge in [-0.2, -0.15) is 0 Å². The first-order valence-corrected chi connectivity index (χ1v) is 28.4. The largest absolute Gasteiger partial charge is 0.462 e. The molecule has 0 aromatic rings. The second-order valence-electron chi connectivity index (χ2n) is 20.1. The molecule has 0 aliphatic heterocycles. The van der Waals surface area contributed by atoms with Crippen molar-refractivity contribution in [3.05, 3.63) is 0 Å². The Morgan fingerprint density at radius 1 is 0.302 bits per heavy atom. The number of hydrogen-bond acceptors (Lipinski definition) is 6. The van der Waals surface area contributed by atoms with Gasteiger partial charge in [-0.15, -0.1) is 0 Å². The second kappa shape index (κ2) is 51.4. The van der Waals surface area contributed by atoms with Crippen molar-refractivity contribution in [1.29, 1.82) is 0 Å². The molecule has 0 fully saturated rings. The van der Waals surface area contributed by atoms with Gasteiger partial charge in [-0.3, -0.25) is 14.4 Å². The molecule has 374 valence electrons. The van der Waals surface area contributed by atoms with Crippen molar-refractivity contribution >= 4 is 17.9 Å². The fourth-order valence-corrected chi connectivity index (χ4v) is 8.75. The molecule has 6 heteroatoms. The third-order valence-corrected chi connectivity index (χ3v) is 13.0. The van der Waals surface area contributed by atoms with Crippen molar-refractivity contribution in [2.45, 2.75) is 329 Å². The zero-order valence-corrected chi connectivity index (χ0v) is 43.0. The van der Waals surface area contributed by atoms with Gasteiger partial charge in [0.05, 0.1) is 0 Å². The van der Waals surface area contributed by atoms with Crippen LogP contribution in [-0.4, -0.2) is 37.2 Å². The molecule has 0 aliphatic rings. The molecule has 0 saturated carbocycles. The summed E-state index contributed by atoms with van der Waals surface area (Å²) in [5.41, 5.74) is 0. The summed E-state index contributed by atoms with van der Waals surface area (Å²) < 4.78 is 16.9. The van der Waals surface area contributed by atoms with Gasteiger partial charge in [0.1, 0.15) is 13.2 Å². The van der Waals surface area contributed by atoms with Crippen LogP contribution in [0.1, 0.15) is 323 Å². The summed E-state index contributed by atoms with van der Waals surface area (Å²) in [5.74, 6) is 0.00944. The molecule has 0 rings (SSSR count). The maximum atomic E-state index is 12.8. The van der Waals surface area contributed by atoms with Gasteiger partial charge in [0.15, 0.2) is 6.10 Å². The van der Waals surface area contributed by atoms with E-state index >= 15 is 0 Å². The molecule has 0 aromatic carbocycles. The Kier molecular flexibility index (Phi) is 50.1. The highest BCUT2D eigenvalue weighted by Crippen LogP contribution is 2.18. The highest BCUT2D eigenvalue weighted by Gasteiger charge is 2.19. The Morgan fingerprint density at radius 3 is 0.778 bits per heavy atom. The van der Waals surface area contributed by atoms with Crippen LogP contribution in [0, 0.1) is 5.92 Å². The number of esters is 3. The molecule has 0 amide bonds. The Labute approximate surface area is 393 Å². The third-order valence-electron chi connectivity index (χ3n) is 13.0. The highest BCUT2D eigenvalue weighted by atomic mass is 16.6. The summed E-state index contributed by atoms with van der Waals surface area (Å²) in [7, 11) is 0. The van der Waals surface area contributed by atoms with E-state index in [1.165, 1.54) is 218 Å². The summed E-state index contributed by atoms with van der Waals surface area (Å²) in [6, 6.07) is 0. The van der Waals surface area contributed by atoms with Crippen LogP contribution in [-0.2, 0) is 28.6 Å². The van der Waals surface area contributed by atoms with Gasteiger partial charge in [-0.1, -0.05) is 285 Å². The van der Waals surface area contributed by atoms with Crippen molar-refractivity contribution in [1.82, 2.24) is 0 Å². The van der Waals surface area contributed by atoms with Gasteiger partial charge < -0.3 is 14.2 Å². The predicted molar refractivity (Wildman–Crippen MR) is 270 cm³/mol. The molecule has 63 heavy (non-hydrogen) atoms. The SMILES string of the molecule is CCCCCCCCCCCCCCCCCCCC(=O)OC[C@@H](COC(=O)CCCCCCCCCCCC)OC(=O)CCCCCCCCCCCCCCCCCC(C)C. The highest BCUT2D eigenvalue weighted by molar-refractivity contribution is 5.71. The predicted octanol–water partition coefficient (Wildman–Crippen LogP) is 18.6. The van der Waals surface area contributed by atoms with Gasteiger partial charge >= 0.3 is 17.9 Å². The molecule has 0 aromatic heterocycles. The maximum Gasteiger partial charge on any atom is 0.306 e. The second-order valence-corrected chi connectivity index (χ2v) is 20.1. The molecule has 0 bridgehead atoms. The fourth-order valence-electron chi connectivity index (χ4n) is 8.75. The van der Waals surface area contributed by atoms with E-state index in [1.807, 2.05) is 0 Å². The lowest BCUT2D eigenvalue weighted by atomic mass is 10.0. The van der Waals surface area contributed by atoms with Gasteiger partial charge in [0.25, 0.3) is 0 Å². The maximum absolute atomic E-state index is 12.8. The quantitative estimate of drug-likeness (QED) is 0.0344. The number of hydrogen-bond donors (Lipinski definition) is 0. The normalized spacial score (nSPS) is 12.0. The molecule has 1 atom stereocenters. The number of carbonyl (C=O) groups is 3. The minimum Gasteiger partial charge on any atom is -0.462 e. The summed E-state index contributed by atoms with van der Waals surface area (Å²) in [6.45, 7) is 9.05. The van der Waals surface area contributed by atoms with E-state index in [2.05, 4.69) is 27.7 Å². The topological polar surface area (TPSA) is 78.9 Å². The van der Waals surface area contributed by atoms with Crippen LogP contribution in [0.25, 0.3) is 0 Å². The summed E-state index contributed by atoms with van der Waals surface area (Å²) in [6.07, 6.45) is 55.2.